The molecule has 0 aromatic carbocycles. The normalized spacial score (nSPS) is 17.8. The standard InChI is InChI=1S/C12H28O2Si2/c1-11(13-15(3,4)5)9-10-12(2)14-16(6,7)8/h9-12H,1-8H3. The maximum atomic E-state index is 5.93. The Bertz CT molecular complexity index is 202. The molecule has 2 atom stereocenters. The van der Waals surface area contributed by atoms with Gasteiger partial charge in [-0.2, -0.15) is 0 Å². The molecule has 0 heterocycles. The highest BCUT2D eigenvalue weighted by atomic mass is 28.4. The Morgan fingerprint density at radius 3 is 1.12 bits per heavy atom. The lowest BCUT2D eigenvalue weighted by molar-refractivity contribution is 0.246. The van der Waals surface area contributed by atoms with Gasteiger partial charge in [0.2, 0.25) is 0 Å². The van der Waals surface area contributed by atoms with Gasteiger partial charge in [-0.3, -0.25) is 0 Å². The van der Waals surface area contributed by atoms with Crippen molar-refractivity contribution in [1.82, 2.24) is 0 Å². The quantitative estimate of drug-likeness (QED) is 0.530. The smallest absolute Gasteiger partial charge is 0.184 e. The van der Waals surface area contributed by atoms with E-state index in [1.165, 1.54) is 0 Å². The molecule has 0 aliphatic rings. The summed E-state index contributed by atoms with van der Waals surface area (Å²) in [6, 6.07) is 0. The van der Waals surface area contributed by atoms with Crippen LogP contribution in [0.15, 0.2) is 12.2 Å². The maximum Gasteiger partial charge on any atom is 0.184 e. The van der Waals surface area contributed by atoms with Crippen LogP contribution in [0, 0.1) is 0 Å². The first-order chi connectivity index (χ1) is 6.99. The van der Waals surface area contributed by atoms with Crippen LogP contribution < -0.4 is 0 Å². The first-order valence-electron chi connectivity index (χ1n) is 6.03. The van der Waals surface area contributed by atoms with E-state index >= 15 is 0 Å². The molecule has 0 aliphatic carbocycles. The van der Waals surface area contributed by atoms with Crippen LogP contribution in [-0.2, 0) is 8.85 Å². The molecule has 0 fully saturated rings. The lowest BCUT2D eigenvalue weighted by Gasteiger charge is -2.23. The minimum Gasteiger partial charge on any atom is -0.412 e. The number of hydrogen-bond donors (Lipinski definition) is 0. The first-order valence-corrected chi connectivity index (χ1v) is 12.9. The van der Waals surface area contributed by atoms with Crippen molar-refractivity contribution in [3.8, 4) is 0 Å². The monoisotopic (exact) mass is 260 g/mol. The molecule has 0 aliphatic heterocycles. The summed E-state index contributed by atoms with van der Waals surface area (Å²) in [6.45, 7) is 17.4. The fourth-order valence-electron chi connectivity index (χ4n) is 1.51. The van der Waals surface area contributed by atoms with Gasteiger partial charge in [-0.1, -0.05) is 12.2 Å². The number of hydrogen-bond acceptors (Lipinski definition) is 2. The number of rotatable bonds is 6. The summed E-state index contributed by atoms with van der Waals surface area (Å²) >= 11 is 0. The van der Waals surface area contributed by atoms with Crippen LogP contribution in [-0.4, -0.2) is 28.8 Å². The van der Waals surface area contributed by atoms with Crippen LogP contribution in [0.3, 0.4) is 0 Å². The molecule has 0 rings (SSSR count). The van der Waals surface area contributed by atoms with Crippen LogP contribution in [0.4, 0.5) is 0 Å². The fourth-order valence-corrected chi connectivity index (χ4v) is 3.89. The van der Waals surface area contributed by atoms with Gasteiger partial charge in [-0.05, 0) is 53.1 Å². The summed E-state index contributed by atoms with van der Waals surface area (Å²) in [6.07, 6.45) is 4.62. The summed E-state index contributed by atoms with van der Waals surface area (Å²) in [7, 11) is -2.85. The van der Waals surface area contributed by atoms with E-state index in [1.54, 1.807) is 0 Å². The zero-order valence-corrected chi connectivity index (χ0v) is 14.1. The van der Waals surface area contributed by atoms with E-state index in [2.05, 4.69) is 65.3 Å². The highest BCUT2D eigenvalue weighted by Crippen LogP contribution is 2.11. The Morgan fingerprint density at radius 2 is 0.938 bits per heavy atom. The van der Waals surface area contributed by atoms with Crippen molar-refractivity contribution >= 4 is 16.6 Å². The molecule has 0 saturated heterocycles. The maximum absolute atomic E-state index is 5.93. The second-order valence-corrected chi connectivity index (χ2v) is 15.2. The van der Waals surface area contributed by atoms with Gasteiger partial charge in [0.15, 0.2) is 16.6 Å². The second kappa shape index (κ2) is 6.14. The van der Waals surface area contributed by atoms with E-state index in [-0.39, 0.29) is 12.2 Å². The van der Waals surface area contributed by atoms with E-state index in [4.69, 9.17) is 8.85 Å². The molecule has 0 aromatic rings. The minimum absolute atomic E-state index is 0.194. The van der Waals surface area contributed by atoms with E-state index < -0.39 is 16.6 Å². The predicted molar refractivity (Wildman–Crippen MR) is 76.9 cm³/mol. The van der Waals surface area contributed by atoms with Crippen LogP contribution >= 0.6 is 0 Å². The summed E-state index contributed by atoms with van der Waals surface area (Å²) in [5.74, 6) is 0. The molecule has 96 valence electrons. The molecular formula is C12H28O2Si2. The molecule has 16 heavy (non-hydrogen) atoms. The molecule has 2 unspecified atom stereocenters. The zero-order valence-electron chi connectivity index (χ0n) is 12.1. The first kappa shape index (κ1) is 16.1. The summed E-state index contributed by atoms with van der Waals surface area (Å²) in [5, 5.41) is 0. The largest absolute Gasteiger partial charge is 0.412 e. The molecule has 0 N–H and O–H groups in total. The van der Waals surface area contributed by atoms with Crippen molar-refractivity contribution in [1.29, 1.82) is 0 Å². The van der Waals surface area contributed by atoms with Crippen molar-refractivity contribution in [2.24, 2.45) is 0 Å². The van der Waals surface area contributed by atoms with E-state index in [0.29, 0.717) is 0 Å². The Kier molecular flexibility index (Phi) is 6.18. The van der Waals surface area contributed by atoms with Gasteiger partial charge in [0, 0.05) is 0 Å². The molecule has 0 radical (unpaired) electrons. The van der Waals surface area contributed by atoms with Gasteiger partial charge < -0.3 is 8.85 Å². The van der Waals surface area contributed by atoms with Crippen molar-refractivity contribution in [2.75, 3.05) is 0 Å². The van der Waals surface area contributed by atoms with Crippen LogP contribution in [0.2, 0.25) is 39.3 Å². The molecule has 2 nitrogen and oxygen atoms in total. The Balaban J connectivity index is 4.08. The van der Waals surface area contributed by atoms with Gasteiger partial charge in [0.1, 0.15) is 0 Å². The van der Waals surface area contributed by atoms with Gasteiger partial charge in [-0.15, -0.1) is 0 Å². The van der Waals surface area contributed by atoms with Crippen molar-refractivity contribution < 1.29 is 8.85 Å². The molecule has 0 amide bonds. The third-order valence-electron chi connectivity index (χ3n) is 1.73. The van der Waals surface area contributed by atoms with Crippen molar-refractivity contribution in [3.05, 3.63) is 12.2 Å². The lowest BCUT2D eigenvalue weighted by atomic mass is 10.3. The molecule has 0 aromatic heterocycles. The SMILES string of the molecule is CC(C=CC(C)O[Si](C)(C)C)O[Si](C)(C)C. The molecule has 0 spiro atoms. The molecule has 0 bridgehead atoms. The second-order valence-electron chi connectivity index (χ2n) is 6.26. The van der Waals surface area contributed by atoms with Crippen LogP contribution in [0.25, 0.3) is 0 Å². The van der Waals surface area contributed by atoms with Crippen molar-refractivity contribution in [3.63, 3.8) is 0 Å². The third-order valence-corrected chi connectivity index (χ3v) is 3.89. The lowest BCUT2D eigenvalue weighted by Crippen LogP contribution is -2.31. The van der Waals surface area contributed by atoms with E-state index in [0.717, 1.165) is 0 Å². The van der Waals surface area contributed by atoms with Gasteiger partial charge in [-0.25, -0.2) is 0 Å². The highest BCUT2D eigenvalue weighted by molar-refractivity contribution is 6.70. The van der Waals surface area contributed by atoms with Gasteiger partial charge >= 0.3 is 0 Å². The Morgan fingerprint density at radius 1 is 0.688 bits per heavy atom. The van der Waals surface area contributed by atoms with E-state index in [9.17, 15) is 0 Å². The topological polar surface area (TPSA) is 18.5 Å². The Labute approximate surface area is 103 Å². The highest BCUT2D eigenvalue weighted by Gasteiger charge is 2.18. The summed E-state index contributed by atoms with van der Waals surface area (Å²) in [5.41, 5.74) is 0. The summed E-state index contributed by atoms with van der Waals surface area (Å²) in [4.78, 5) is 0. The minimum atomic E-state index is -1.42. The fraction of sp³-hybridized carbons (Fsp3) is 0.833. The average molecular weight is 261 g/mol. The van der Waals surface area contributed by atoms with Crippen LogP contribution in [0.1, 0.15) is 13.8 Å². The predicted octanol–water partition coefficient (Wildman–Crippen LogP) is 4.02. The molecule has 0 saturated carbocycles. The molecular weight excluding hydrogens is 232 g/mol. The molecule has 4 heteroatoms. The average Bonchev–Trinajstić information content (AvgIpc) is 1.94. The van der Waals surface area contributed by atoms with Gasteiger partial charge in [0.05, 0.1) is 12.2 Å². The van der Waals surface area contributed by atoms with Gasteiger partial charge in [0.25, 0.3) is 0 Å². The Hall–Kier alpha value is 0.0938. The third kappa shape index (κ3) is 10.6. The van der Waals surface area contributed by atoms with Crippen LogP contribution in [0.5, 0.6) is 0 Å². The zero-order chi connectivity index (χ0) is 13.0. The van der Waals surface area contributed by atoms with Crippen molar-refractivity contribution in [2.45, 2.75) is 65.3 Å². The summed E-state index contributed by atoms with van der Waals surface area (Å²) < 4.78 is 11.9. The van der Waals surface area contributed by atoms with E-state index in [1.807, 2.05) is 0 Å².